The number of nitrogens with zero attached hydrogens (tertiary/aromatic N) is 2. The fraction of sp³-hybridized carbons (Fsp3) is 0.0882. The zero-order valence-electron chi connectivity index (χ0n) is 23.0. The summed E-state index contributed by atoms with van der Waals surface area (Å²) >= 11 is 13.5. The SMILES string of the molecule is CC1=C(C(=O)Nc2ccccc2)[C@@H](c2ccc(Cl)cc2)n2c(s/c(=C\c3ccc(OCc4cccc(Cl)c4)cc3)c2=O)=N1. The second-order valence-corrected chi connectivity index (χ2v) is 11.8. The lowest BCUT2D eigenvalue weighted by atomic mass is 9.95. The first-order valence-corrected chi connectivity index (χ1v) is 15.0. The number of hydrogen-bond acceptors (Lipinski definition) is 5. The van der Waals surface area contributed by atoms with E-state index < -0.39 is 6.04 Å². The molecule has 1 atom stereocenters. The number of aromatic nitrogens is 1. The molecule has 0 saturated heterocycles. The van der Waals surface area contributed by atoms with Crippen LogP contribution in [0.1, 0.15) is 29.7 Å². The molecule has 9 heteroatoms. The molecule has 1 aliphatic heterocycles. The lowest BCUT2D eigenvalue weighted by Crippen LogP contribution is -2.40. The molecule has 1 aromatic heterocycles. The van der Waals surface area contributed by atoms with Gasteiger partial charge in [-0.25, -0.2) is 4.99 Å². The molecular formula is C34H25Cl2N3O3S. The van der Waals surface area contributed by atoms with Gasteiger partial charge in [-0.15, -0.1) is 0 Å². The Hall–Kier alpha value is -4.43. The third kappa shape index (κ3) is 6.34. The Kier molecular flexibility index (Phi) is 8.29. The van der Waals surface area contributed by atoms with Crippen molar-refractivity contribution < 1.29 is 9.53 Å². The molecule has 1 amide bonds. The largest absolute Gasteiger partial charge is 0.489 e. The molecule has 0 unspecified atom stereocenters. The predicted octanol–water partition coefficient (Wildman–Crippen LogP) is 6.76. The van der Waals surface area contributed by atoms with E-state index in [-0.39, 0.29) is 11.5 Å². The first-order chi connectivity index (χ1) is 20.9. The van der Waals surface area contributed by atoms with Crippen molar-refractivity contribution in [2.75, 3.05) is 5.32 Å². The average molecular weight is 627 g/mol. The van der Waals surface area contributed by atoms with Crippen molar-refractivity contribution in [2.24, 2.45) is 4.99 Å². The van der Waals surface area contributed by atoms with Gasteiger partial charge in [0.15, 0.2) is 4.80 Å². The zero-order valence-corrected chi connectivity index (χ0v) is 25.3. The van der Waals surface area contributed by atoms with E-state index in [1.54, 1.807) is 23.6 Å². The minimum atomic E-state index is -0.679. The number of halogens is 2. The molecule has 0 saturated carbocycles. The maximum absolute atomic E-state index is 13.9. The smallest absolute Gasteiger partial charge is 0.271 e. The number of para-hydroxylation sites is 1. The quantitative estimate of drug-likeness (QED) is 0.217. The molecule has 0 aliphatic carbocycles. The van der Waals surface area contributed by atoms with Gasteiger partial charge in [0.25, 0.3) is 11.5 Å². The molecule has 214 valence electrons. The van der Waals surface area contributed by atoms with Gasteiger partial charge in [0.1, 0.15) is 12.4 Å². The first-order valence-electron chi connectivity index (χ1n) is 13.5. The van der Waals surface area contributed by atoms with Crippen LogP contribution < -0.4 is 24.9 Å². The molecule has 1 aliphatic rings. The van der Waals surface area contributed by atoms with Crippen molar-refractivity contribution in [1.82, 2.24) is 4.57 Å². The molecule has 2 heterocycles. The molecular weight excluding hydrogens is 601 g/mol. The molecule has 0 bridgehead atoms. The number of fused-ring (bicyclic) bond motifs is 1. The van der Waals surface area contributed by atoms with Gasteiger partial charge in [0, 0.05) is 15.7 Å². The summed E-state index contributed by atoms with van der Waals surface area (Å²) in [6, 6.07) is 30.7. The first kappa shape index (κ1) is 28.7. The van der Waals surface area contributed by atoms with Crippen molar-refractivity contribution in [2.45, 2.75) is 19.6 Å². The maximum atomic E-state index is 13.9. The topological polar surface area (TPSA) is 72.7 Å². The Morgan fingerprint density at radius 3 is 2.42 bits per heavy atom. The van der Waals surface area contributed by atoms with E-state index in [0.717, 1.165) is 16.7 Å². The van der Waals surface area contributed by atoms with E-state index in [1.165, 1.54) is 11.3 Å². The summed E-state index contributed by atoms with van der Waals surface area (Å²) < 4.78 is 7.99. The van der Waals surface area contributed by atoms with Gasteiger partial charge in [0.2, 0.25) is 0 Å². The number of benzene rings is 4. The Morgan fingerprint density at radius 1 is 0.953 bits per heavy atom. The predicted molar refractivity (Wildman–Crippen MR) is 173 cm³/mol. The highest BCUT2D eigenvalue weighted by Gasteiger charge is 2.32. The summed E-state index contributed by atoms with van der Waals surface area (Å²) in [5.74, 6) is 0.376. The second kappa shape index (κ2) is 12.4. The minimum absolute atomic E-state index is 0.234. The van der Waals surface area contributed by atoms with Gasteiger partial charge in [-0.3, -0.25) is 14.2 Å². The fourth-order valence-corrected chi connectivity index (χ4v) is 6.28. The third-order valence-electron chi connectivity index (χ3n) is 6.96. The van der Waals surface area contributed by atoms with E-state index in [9.17, 15) is 9.59 Å². The average Bonchev–Trinajstić information content (AvgIpc) is 3.31. The normalized spacial score (nSPS) is 14.7. The van der Waals surface area contributed by atoms with Gasteiger partial charge in [0.05, 0.1) is 21.8 Å². The van der Waals surface area contributed by atoms with Crippen molar-refractivity contribution in [3.63, 3.8) is 0 Å². The van der Waals surface area contributed by atoms with Crippen molar-refractivity contribution in [1.29, 1.82) is 0 Å². The summed E-state index contributed by atoms with van der Waals surface area (Å²) in [7, 11) is 0. The highest BCUT2D eigenvalue weighted by Crippen LogP contribution is 2.31. The van der Waals surface area contributed by atoms with Crippen LogP contribution in [0, 0.1) is 0 Å². The number of nitrogens with one attached hydrogen (secondary N) is 1. The van der Waals surface area contributed by atoms with Crippen LogP contribution in [0.25, 0.3) is 6.08 Å². The van der Waals surface area contributed by atoms with Crippen LogP contribution in [0.3, 0.4) is 0 Å². The Balaban J connectivity index is 1.34. The molecule has 6 rings (SSSR count). The standard InChI is InChI=1S/C34H25Cl2N3O3S/c1-21-30(32(40)38-27-8-3-2-4-9-27)31(24-12-14-25(35)15-13-24)39-33(41)29(43-34(39)37-21)19-22-10-16-28(17-11-22)42-20-23-6-5-7-26(36)18-23/h2-19,31H,20H2,1H3,(H,38,40)/b29-19-/t31-/m1/s1. The molecule has 6 nitrogen and oxygen atoms in total. The molecule has 0 radical (unpaired) electrons. The third-order valence-corrected chi connectivity index (χ3v) is 8.43. The molecule has 0 spiro atoms. The van der Waals surface area contributed by atoms with E-state index >= 15 is 0 Å². The number of anilines is 1. The molecule has 43 heavy (non-hydrogen) atoms. The van der Waals surface area contributed by atoms with Crippen LogP contribution in [-0.2, 0) is 11.4 Å². The van der Waals surface area contributed by atoms with Crippen LogP contribution in [0.15, 0.2) is 124 Å². The summed E-state index contributed by atoms with van der Waals surface area (Å²) in [6.45, 7) is 2.19. The number of allylic oxidation sites excluding steroid dienone is 1. The van der Waals surface area contributed by atoms with Crippen LogP contribution in [0.4, 0.5) is 5.69 Å². The number of thiazole rings is 1. The monoisotopic (exact) mass is 625 g/mol. The van der Waals surface area contributed by atoms with Crippen molar-refractivity contribution in [3.05, 3.63) is 161 Å². The fourth-order valence-electron chi connectivity index (χ4n) is 4.90. The van der Waals surface area contributed by atoms with Crippen molar-refractivity contribution in [3.8, 4) is 5.75 Å². The second-order valence-electron chi connectivity index (χ2n) is 9.94. The van der Waals surface area contributed by atoms with Gasteiger partial charge in [-0.2, -0.15) is 0 Å². The summed E-state index contributed by atoms with van der Waals surface area (Å²) in [6.07, 6.45) is 1.83. The zero-order chi connectivity index (χ0) is 29.9. The van der Waals surface area contributed by atoms with Crippen LogP contribution >= 0.6 is 34.5 Å². The molecule has 5 aromatic rings. The lowest BCUT2D eigenvalue weighted by molar-refractivity contribution is -0.113. The van der Waals surface area contributed by atoms with Gasteiger partial charge in [-0.1, -0.05) is 89.1 Å². The van der Waals surface area contributed by atoms with Crippen LogP contribution in [0.2, 0.25) is 10.0 Å². The maximum Gasteiger partial charge on any atom is 0.271 e. The number of hydrogen-bond donors (Lipinski definition) is 1. The number of amides is 1. The number of carbonyl (C=O) groups is 1. The van der Waals surface area contributed by atoms with E-state index in [2.05, 4.69) is 5.32 Å². The van der Waals surface area contributed by atoms with Gasteiger partial charge in [-0.05, 0) is 78.2 Å². The number of ether oxygens (including phenoxy) is 1. The summed E-state index contributed by atoms with van der Waals surface area (Å²) in [5.41, 5.74) is 3.92. The Morgan fingerprint density at radius 2 is 1.70 bits per heavy atom. The minimum Gasteiger partial charge on any atom is -0.489 e. The Labute approximate surface area is 261 Å². The molecule has 0 fully saturated rings. The lowest BCUT2D eigenvalue weighted by Gasteiger charge is -2.25. The van der Waals surface area contributed by atoms with Crippen LogP contribution in [0.5, 0.6) is 5.75 Å². The highest BCUT2D eigenvalue weighted by atomic mass is 35.5. The van der Waals surface area contributed by atoms with E-state index in [1.807, 2.05) is 97.1 Å². The van der Waals surface area contributed by atoms with E-state index in [4.69, 9.17) is 32.9 Å². The number of carbonyl (C=O) groups excluding carboxylic acids is 1. The van der Waals surface area contributed by atoms with Crippen molar-refractivity contribution >= 4 is 52.2 Å². The van der Waals surface area contributed by atoms with Gasteiger partial charge >= 0.3 is 0 Å². The van der Waals surface area contributed by atoms with E-state index in [0.29, 0.717) is 48.7 Å². The van der Waals surface area contributed by atoms with Crippen LogP contribution in [-0.4, -0.2) is 10.5 Å². The molecule has 1 N–H and O–H groups in total. The Bertz CT molecular complexity index is 2020. The number of rotatable bonds is 7. The highest BCUT2D eigenvalue weighted by molar-refractivity contribution is 7.07. The molecule has 4 aromatic carbocycles. The summed E-state index contributed by atoms with van der Waals surface area (Å²) in [4.78, 5) is 32.8. The van der Waals surface area contributed by atoms with Gasteiger partial charge < -0.3 is 10.1 Å². The summed E-state index contributed by atoms with van der Waals surface area (Å²) in [5, 5.41) is 4.18.